The van der Waals surface area contributed by atoms with Crippen LogP contribution in [0.3, 0.4) is 0 Å². The molecule has 26 heavy (non-hydrogen) atoms. The molecule has 1 N–H and O–H groups in total. The van der Waals surface area contributed by atoms with Crippen molar-refractivity contribution in [2.75, 3.05) is 6.79 Å². The van der Waals surface area contributed by atoms with E-state index in [0.717, 1.165) is 22.4 Å². The van der Waals surface area contributed by atoms with Crippen molar-refractivity contribution in [1.82, 2.24) is 20.1 Å². The first-order chi connectivity index (χ1) is 12.7. The molecule has 1 aliphatic rings. The number of ether oxygens (including phenoxy) is 2. The lowest BCUT2D eigenvalue weighted by Crippen LogP contribution is -2.24. The molecular formula is C19H18N4O3. The number of pyridine rings is 1. The van der Waals surface area contributed by atoms with E-state index < -0.39 is 0 Å². The zero-order valence-electron chi connectivity index (χ0n) is 14.3. The van der Waals surface area contributed by atoms with Crippen LogP contribution in [0.1, 0.15) is 11.1 Å². The minimum atomic E-state index is -0.0554. The molecule has 1 aromatic carbocycles. The lowest BCUT2D eigenvalue weighted by Gasteiger charge is -2.07. The highest BCUT2D eigenvalue weighted by molar-refractivity contribution is 5.78. The molecule has 3 aromatic rings. The Hall–Kier alpha value is -3.35. The van der Waals surface area contributed by atoms with E-state index in [0.29, 0.717) is 18.0 Å². The summed E-state index contributed by atoms with van der Waals surface area (Å²) in [5.41, 5.74) is 3.65. The summed E-state index contributed by atoms with van der Waals surface area (Å²) in [4.78, 5) is 16.6. The van der Waals surface area contributed by atoms with Crippen molar-refractivity contribution in [2.45, 2.75) is 13.0 Å². The largest absolute Gasteiger partial charge is 0.454 e. The average Bonchev–Trinajstić information content (AvgIpc) is 3.29. The zero-order valence-corrected chi connectivity index (χ0v) is 14.3. The lowest BCUT2D eigenvalue weighted by molar-refractivity contribution is -0.120. The molecule has 4 rings (SSSR count). The highest BCUT2D eigenvalue weighted by atomic mass is 16.7. The van der Waals surface area contributed by atoms with Gasteiger partial charge in [0.2, 0.25) is 12.7 Å². The number of nitrogens with one attached hydrogen (secondary N) is 1. The predicted octanol–water partition coefficient (Wildman–Crippen LogP) is 2.07. The molecule has 7 nitrogen and oxygen atoms in total. The molecule has 1 aliphatic heterocycles. The highest BCUT2D eigenvalue weighted by Gasteiger charge is 2.14. The Labute approximate surface area is 150 Å². The van der Waals surface area contributed by atoms with Crippen molar-refractivity contribution in [3.05, 3.63) is 60.0 Å². The van der Waals surface area contributed by atoms with E-state index in [4.69, 9.17) is 9.47 Å². The number of hydrogen-bond donors (Lipinski definition) is 1. The van der Waals surface area contributed by atoms with Crippen molar-refractivity contribution >= 4 is 5.91 Å². The normalized spacial score (nSPS) is 12.2. The summed E-state index contributed by atoms with van der Waals surface area (Å²) >= 11 is 0. The van der Waals surface area contributed by atoms with E-state index in [1.807, 2.05) is 43.6 Å². The fraction of sp³-hybridized carbons (Fsp3) is 0.211. The molecule has 0 radical (unpaired) electrons. The molecule has 1 amide bonds. The van der Waals surface area contributed by atoms with Gasteiger partial charge in [-0.15, -0.1) is 0 Å². The number of aromatic nitrogens is 3. The zero-order chi connectivity index (χ0) is 17.9. The van der Waals surface area contributed by atoms with Crippen molar-refractivity contribution in [1.29, 1.82) is 0 Å². The molecule has 0 bridgehead atoms. The standard InChI is InChI=1S/C19H18N4O3/c1-23-11-15(10-22-23)16-4-2-14(8-20-16)9-21-19(24)7-13-3-5-17-18(6-13)26-12-25-17/h2-6,8,10-11H,7,9,12H2,1H3,(H,21,24). The van der Waals surface area contributed by atoms with E-state index in [-0.39, 0.29) is 19.1 Å². The van der Waals surface area contributed by atoms with Gasteiger partial charge in [0.15, 0.2) is 11.5 Å². The first kappa shape index (κ1) is 16.1. The van der Waals surface area contributed by atoms with Gasteiger partial charge < -0.3 is 14.8 Å². The maximum atomic E-state index is 12.2. The number of hydrogen-bond acceptors (Lipinski definition) is 5. The molecule has 2 aromatic heterocycles. The Morgan fingerprint density at radius 3 is 2.77 bits per heavy atom. The van der Waals surface area contributed by atoms with Crippen LogP contribution in [0.25, 0.3) is 11.3 Å². The molecule has 0 fully saturated rings. The number of nitrogens with zero attached hydrogens (tertiary/aromatic N) is 3. The summed E-state index contributed by atoms with van der Waals surface area (Å²) in [5.74, 6) is 1.35. The molecule has 0 spiro atoms. The lowest BCUT2D eigenvalue weighted by atomic mass is 10.1. The molecule has 132 valence electrons. The van der Waals surface area contributed by atoms with Crippen molar-refractivity contribution in [2.24, 2.45) is 7.05 Å². The fourth-order valence-corrected chi connectivity index (χ4v) is 2.75. The average molecular weight is 350 g/mol. The van der Waals surface area contributed by atoms with Gasteiger partial charge in [-0.05, 0) is 29.3 Å². The fourth-order valence-electron chi connectivity index (χ4n) is 2.75. The molecule has 0 saturated carbocycles. The molecule has 7 heteroatoms. The maximum absolute atomic E-state index is 12.2. The van der Waals surface area contributed by atoms with Crippen LogP contribution in [0.4, 0.5) is 0 Å². The first-order valence-electron chi connectivity index (χ1n) is 8.26. The van der Waals surface area contributed by atoms with Gasteiger partial charge in [0, 0.05) is 31.5 Å². The molecule has 0 atom stereocenters. The van der Waals surface area contributed by atoms with E-state index >= 15 is 0 Å². The highest BCUT2D eigenvalue weighted by Crippen LogP contribution is 2.32. The summed E-state index contributed by atoms with van der Waals surface area (Å²) in [6.07, 6.45) is 5.74. The van der Waals surface area contributed by atoms with Crippen molar-refractivity contribution < 1.29 is 14.3 Å². The molecule has 0 aliphatic carbocycles. The molecule has 3 heterocycles. The number of carbonyl (C=O) groups is 1. The van der Waals surface area contributed by atoms with Crippen LogP contribution in [0, 0.1) is 0 Å². The third-order valence-electron chi connectivity index (χ3n) is 4.12. The minimum absolute atomic E-state index is 0.0554. The van der Waals surface area contributed by atoms with Crippen LogP contribution in [0.2, 0.25) is 0 Å². The number of amides is 1. The third-order valence-corrected chi connectivity index (χ3v) is 4.12. The Morgan fingerprint density at radius 1 is 1.15 bits per heavy atom. The number of rotatable bonds is 5. The van der Waals surface area contributed by atoms with Gasteiger partial charge in [-0.3, -0.25) is 14.5 Å². The van der Waals surface area contributed by atoms with Gasteiger partial charge in [0.25, 0.3) is 0 Å². The maximum Gasteiger partial charge on any atom is 0.231 e. The van der Waals surface area contributed by atoms with E-state index in [1.165, 1.54) is 0 Å². The van der Waals surface area contributed by atoms with Crippen LogP contribution < -0.4 is 14.8 Å². The molecular weight excluding hydrogens is 332 g/mol. The van der Waals surface area contributed by atoms with Gasteiger partial charge >= 0.3 is 0 Å². The quantitative estimate of drug-likeness (QED) is 0.762. The van der Waals surface area contributed by atoms with Gasteiger partial charge in [0.05, 0.1) is 18.3 Å². The number of carbonyl (C=O) groups excluding carboxylic acids is 1. The summed E-state index contributed by atoms with van der Waals surface area (Å²) in [6.45, 7) is 0.663. The second kappa shape index (κ2) is 6.87. The Bertz CT molecular complexity index is 934. The first-order valence-corrected chi connectivity index (χ1v) is 8.26. The molecule has 0 unspecified atom stereocenters. The van der Waals surface area contributed by atoms with Gasteiger partial charge in [-0.1, -0.05) is 12.1 Å². The second-order valence-corrected chi connectivity index (χ2v) is 6.10. The van der Waals surface area contributed by atoms with Crippen LogP contribution in [-0.2, 0) is 24.8 Å². The van der Waals surface area contributed by atoms with Crippen LogP contribution in [0.5, 0.6) is 11.5 Å². The minimum Gasteiger partial charge on any atom is -0.454 e. The topological polar surface area (TPSA) is 78.3 Å². The third kappa shape index (κ3) is 3.51. The van der Waals surface area contributed by atoms with Crippen LogP contribution in [0.15, 0.2) is 48.9 Å². The summed E-state index contributed by atoms with van der Waals surface area (Å²) in [7, 11) is 1.87. The smallest absolute Gasteiger partial charge is 0.231 e. The van der Waals surface area contributed by atoms with Gasteiger partial charge in [0.1, 0.15) is 0 Å². The molecule has 0 saturated heterocycles. The number of benzene rings is 1. The predicted molar refractivity (Wildman–Crippen MR) is 94.6 cm³/mol. The van der Waals surface area contributed by atoms with Gasteiger partial charge in [-0.2, -0.15) is 5.10 Å². The monoisotopic (exact) mass is 350 g/mol. The SMILES string of the molecule is Cn1cc(-c2ccc(CNC(=O)Cc3ccc4c(c3)OCO4)cn2)cn1. The Balaban J connectivity index is 1.33. The summed E-state index contributed by atoms with van der Waals surface area (Å²) in [6, 6.07) is 9.42. The van der Waals surface area contributed by atoms with Crippen LogP contribution in [-0.4, -0.2) is 27.5 Å². The summed E-state index contributed by atoms with van der Waals surface area (Å²) < 4.78 is 12.3. The Morgan fingerprint density at radius 2 is 2.00 bits per heavy atom. The Kier molecular flexibility index (Phi) is 4.27. The van der Waals surface area contributed by atoms with Crippen molar-refractivity contribution in [3.8, 4) is 22.8 Å². The van der Waals surface area contributed by atoms with E-state index in [1.54, 1.807) is 17.1 Å². The van der Waals surface area contributed by atoms with E-state index in [9.17, 15) is 4.79 Å². The number of fused-ring (bicyclic) bond motifs is 1. The van der Waals surface area contributed by atoms with Crippen LogP contribution >= 0.6 is 0 Å². The second-order valence-electron chi connectivity index (χ2n) is 6.10. The summed E-state index contributed by atoms with van der Waals surface area (Å²) in [5, 5.41) is 7.05. The number of aryl methyl sites for hydroxylation is 1. The van der Waals surface area contributed by atoms with E-state index in [2.05, 4.69) is 15.4 Å². The van der Waals surface area contributed by atoms with Crippen molar-refractivity contribution in [3.63, 3.8) is 0 Å². The van der Waals surface area contributed by atoms with Gasteiger partial charge in [-0.25, -0.2) is 0 Å².